The van der Waals surface area contributed by atoms with Crippen molar-refractivity contribution >= 4 is 11.6 Å². The fourth-order valence-electron chi connectivity index (χ4n) is 1.41. The highest BCUT2D eigenvalue weighted by molar-refractivity contribution is 5.91. The highest BCUT2D eigenvalue weighted by Gasteiger charge is 2.04. The maximum Gasteiger partial charge on any atom is 0.226 e. The van der Waals surface area contributed by atoms with Gasteiger partial charge in [-0.3, -0.25) is 4.79 Å². The second-order valence-electron chi connectivity index (χ2n) is 4.58. The number of rotatable bonds is 6. The van der Waals surface area contributed by atoms with E-state index in [-0.39, 0.29) is 5.91 Å². The highest BCUT2D eigenvalue weighted by atomic mass is 16.5. The standard InChI is InChI=1S/C14H21NO2/c1-11(2)10-17-9-8-14(16)15-13-7-5-4-6-12(13)3/h4-7,11H,8-10H2,1-3H3,(H,15,16). The number of nitrogens with one attached hydrogen (secondary N) is 1. The summed E-state index contributed by atoms with van der Waals surface area (Å²) < 4.78 is 5.37. The van der Waals surface area contributed by atoms with Gasteiger partial charge in [-0.1, -0.05) is 32.0 Å². The maximum atomic E-state index is 11.6. The van der Waals surface area contributed by atoms with Crippen LogP contribution in [0.3, 0.4) is 0 Å². The average Bonchev–Trinajstić information content (AvgIpc) is 2.27. The average molecular weight is 235 g/mol. The molecule has 1 aromatic carbocycles. The second kappa shape index (κ2) is 7.07. The van der Waals surface area contributed by atoms with Crippen LogP contribution in [-0.4, -0.2) is 19.1 Å². The van der Waals surface area contributed by atoms with Gasteiger partial charge in [0.25, 0.3) is 0 Å². The molecule has 0 aliphatic rings. The van der Waals surface area contributed by atoms with E-state index in [4.69, 9.17) is 4.74 Å². The van der Waals surface area contributed by atoms with E-state index in [1.165, 1.54) is 0 Å². The summed E-state index contributed by atoms with van der Waals surface area (Å²) in [6.45, 7) is 7.35. The summed E-state index contributed by atoms with van der Waals surface area (Å²) >= 11 is 0. The quantitative estimate of drug-likeness (QED) is 0.770. The van der Waals surface area contributed by atoms with Crippen molar-refractivity contribution in [2.45, 2.75) is 27.2 Å². The van der Waals surface area contributed by atoms with Crippen molar-refractivity contribution in [3.63, 3.8) is 0 Å². The highest BCUT2D eigenvalue weighted by Crippen LogP contribution is 2.13. The molecule has 0 aliphatic heterocycles. The number of amides is 1. The Kier molecular flexibility index (Phi) is 5.70. The largest absolute Gasteiger partial charge is 0.381 e. The van der Waals surface area contributed by atoms with Crippen LogP contribution in [0.4, 0.5) is 5.69 Å². The molecule has 3 nitrogen and oxygen atoms in total. The van der Waals surface area contributed by atoms with Crippen LogP contribution in [0.5, 0.6) is 0 Å². The molecule has 1 aromatic rings. The zero-order chi connectivity index (χ0) is 12.7. The number of hydrogen-bond acceptors (Lipinski definition) is 2. The van der Waals surface area contributed by atoms with Crippen molar-refractivity contribution in [3.05, 3.63) is 29.8 Å². The molecule has 0 heterocycles. The second-order valence-corrected chi connectivity index (χ2v) is 4.58. The minimum atomic E-state index is 0.00283. The molecule has 0 unspecified atom stereocenters. The van der Waals surface area contributed by atoms with E-state index in [1.807, 2.05) is 31.2 Å². The lowest BCUT2D eigenvalue weighted by molar-refractivity contribution is -0.117. The monoisotopic (exact) mass is 235 g/mol. The van der Waals surface area contributed by atoms with E-state index in [0.717, 1.165) is 11.3 Å². The Bertz CT molecular complexity index is 361. The first kappa shape index (κ1) is 13.7. The predicted molar refractivity (Wildman–Crippen MR) is 70.1 cm³/mol. The molecule has 0 atom stereocenters. The van der Waals surface area contributed by atoms with Crippen molar-refractivity contribution in [1.82, 2.24) is 0 Å². The number of carbonyl (C=O) groups excluding carboxylic acids is 1. The van der Waals surface area contributed by atoms with Crippen LogP contribution in [0.1, 0.15) is 25.8 Å². The first-order valence-corrected chi connectivity index (χ1v) is 6.03. The Morgan fingerprint density at radius 2 is 2.06 bits per heavy atom. The zero-order valence-corrected chi connectivity index (χ0v) is 10.8. The van der Waals surface area contributed by atoms with Gasteiger partial charge in [-0.05, 0) is 24.5 Å². The lowest BCUT2D eigenvalue weighted by Gasteiger charge is -2.09. The van der Waals surface area contributed by atoms with Gasteiger partial charge in [-0.2, -0.15) is 0 Å². The third kappa shape index (κ3) is 5.50. The predicted octanol–water partition coefficient (Wildman–Crippen LogP) is 3.00. The summed E-state index contributed by atoms with van der Waals surface area (Å²) in [5.74, 6) is 0.512. The first-order chi connectivity index (χ1) is 8.09. The van der Waals surface area contributed by atoms with Crippen molar-refractivity contribution in [1.29, 1.82) is 0 Å². The lowest BCUT2D eigenvalue weighted by atomic mass is 10.2. The van der Waals surface area contributed by atoms with Crippen LogP contribution in [0.15, 0.2) is 24.3 Å². The molecule has 94 valence electrons. The van der Waals surface area contributed by atoms with Crippen molar-refractivity contribution < 1.29 is 9.53 Å². The molecule has 1 N–H and O–H groups in total. The van der Waals surface area contributed by atoms with Gasteiger partial charge in [-0.25, -0.2) is 0 Å². The topological polar surface area (TPSA) is 38.3 Å². The molecular weight excluding hydrogens is 214 g/mol. The van der Waals surface area contributed by atoms with E-state index < -0.39 is 0 Å². The Labute approximate surface area is 103 Å². The zero-order valence-electron chi connectivity index (χ0n) is 10.8. The van der Waals surface area contributed by atoms with Crippen LogP contribution in [0, 0.1) is 12.8 Å². The maximum absolute atomic E-state index is 11.6. The van der Waals surface area contributed by atoms with Gasteiger partial charge >= 0.3 is 0 Å². The molecule has 0 saturated heterocycles. The Morgan fingerprint density at radius 1 is 1.35 bits per heavy atom. The molecule has 0 aromatic heterocycles. The van der Waals surface area contributed by atoms with Crippen LogP contribution in [0.25, 0.3) is 0 Å². The number of hydrogen-bond donors (Lipinski definition) is 1. The molecule has 3 heteroatoms. The van der Waals surface area contributed by atoms with Crippen molar-refractivity contribution in [2.75, 3.05) is 18.5 Å². The van der Waals surface area contributed by atoms with Crippen LogP contribution >= 0.6 is 0 Å². The summed E-state index contributed by atoms with van der Waals surface area (Å²) in [5, 5.41) is 2.88. The Morgan fingerprint density at radius 3 is 2.71 bits per heavy atom. The van der Waals surface area contributed by atoms with E-state index in [9.17, 15) is 4.79 Å². The Hall–Kier alpha value is -1.35. The van der Waals surface area contributed by atoms with Gasteiger partial charge in [0.15, 0.2) is 0 Å². The lowest BCUT2D eigenvalue weighted by Crippen LogP contribution is -2.15. The minimum Gasteiger partial charge on any atom is -0.381 e. The van der Waals surface area contributed by atoms with Gasteiger partial charge in [0.05, 0.1) is 13.0 Å². The molecule has 0 aliphatic carbocycles. The SMILES string of the molecule is Cc1ccccc1NC(=O)CCOCC(C)C. The van der Waals surface area contributed by atoms with Crippen molar-refractivity contribution in [2.24, 2.45) is 5.92 Å². The number of aryl methyl sites for hydroxylation is 1. The molecule has 0 saturated carbocycles. The summed E-state index contributed by atoms with van der Waals surface area (Å²) in [4.78, 5) is 11.6. The van der Waals surface area contributed by atoms with E-state index in [2.05, 4.69) is 19.2 Å². The van der Waals surface area contributed by atoms with Gasteiger partial charge in [0, 0.05) is 12.3 Å². The molecule has 1 rings (SSSR count). The van der Waals surface area contributed by atoms with Crippen LogP contribution < -0.4 is 5.32 Å². The van der Waals surface area contributed by atoms with Gasteiger partial charge in [0.1, 0.15) is 0 Å². The van der Waals surface area contributed by atoms with Crippen LogP contribution in [0.2, 0.25) is 0 Å². The van der Waals surface area contributed by atoms with Gasteiger partial charge < -0.3 is 10.1 Å². The summed E-state index contributed by atoms with van der Waals surface area (Å²) in [7, 11) is 0. The van der Waals surface area contributed by atoms with E-state index >= 15 is 0 Å². The molecule has 0 bridgehead atoms. The number of carbonyl (C=O) groups is 1. The normalized spacial score (nSPS) is 10.6. The fourth-order valence-corrected chi connectivity index (χ4v) is 1.41. The molecule has 17 heavy (non-hydrogen) atoms. The van der Waals surface area contributed by atoms with E-state index in [1.54, 1.807) is 0 Å². The molecule has 0 spiro atoms. The third-order valence-electron chi connectivity index (χ3n) is 2.34. The summed E-state index contributed by atoms with van der Waals surface area (Å²) in [6, 6.07) is 7.75. The van der Waals surface area contributed by atoms with Crippen molar-refractivity contribution in [3.8, 4) is 0 Å². The smallest absolute Gasteiger partial charge is 0.226 e. The Balaban J connectivity index is 2.28. The van der Waals surface area contributed by atoms with Crippen LogP contribution in [-0.2, 0) is 9.53 Å². The molecule has 0 radical (unpaired) electrons. The van der Waals surface area contributed by atoms with Gasteiger partial charge in [0.2, 0.25) is 5.91 Å². The summed E-state index contributed by atoms with van der Waals surface area (Å²) in [6.07, 6.45) is 0.404. The third-order valence-corrected chi connectivity index (χ3v) is 2.34. The number of benzene rings is 1. The summed E-state index contributed by atoms with van der Waals surface area (Å²) in [5.41, 5.74) is 1.95. The first-order valence-electron chi connectivity index (χ1n) is 6.03. The number of ether oxygens (including phenoxy) is 1. The molecule has 0 fully saturated rings. The molecular formula is C14H21NO2. The minimum absolute atomic E-state index is 0.00283. The van der Waals surface area contributed by atoms with E-state index in [0.29, 0.717) is 25.6 Å². The van der Waals surface area contributed by atoms with Gasteiger partial charge in [-0.15, -0.1) is 0 Å². The number of anilines is 1. The number of para-hydroxylation sites is 1. The fraction of sp³-hybridized carbons (Fsp3) is 0.500. The molecule has 1 amide bonds.